The molecule has 0 saturated carbocycles. The molecule has 7 nitrogen and oxygen atoms in total. The minimum absolute atomic E-state index is 0.0517. The Morgan fingerprint density at radius 1 is 1.17 bits per heavy atom. The van der Waals surface area contributed by atoms with Gasteiger partial charge in [-0.2, -0.15) is 0 Å². The van der Waals surface area contributed by atoms with Crippen molar-refractivity contribution in [3.05, 3.63) is 59.8 Å². The zero-order chi connectivity index (χ0) is 21.1. The number of morpholine rings is 1. The molecular weight excluding hydrogens is 378 g/mol. The Labute approximate surface area is 176 Å². The van der Waals surface area contributed by atoms with Crippen molar-refractivity contribution in [1.82, 2.24) is 14.9 Å². The number of hydrogen-bond acceptors (Lipinski definition) is 6. The van der Waals surface area contributed by atoms with E-state index in [2.05, 4.69) is 22.1 Å². The van der Waals surface area contributed by atoms with Gasteiger partial charge in [0.1, 0.15) is 5.82 Å². The molecule has 0 radical (unpaired) electrons. The second-order valence-corrected chi connectivity index (χ2v) is 7.69. The van der Waals surface area contributed by atoms with Gasteiger partial charge in [-0.05, 0) is 31.2 Å². The van der Waals surface area contributed by atoms with E-state index in [9.17, 15) is 4.79 Å². The molecule has 1 aliphatic heterocycles. The van der Waals surface area contributed by atoms with E-state index in [-0.39, 0.29) is 11.9 Å². The van der Waals surface area contributed by atoms with Crippen LogP contribution in [0.5, 0.6) is 0 Å². The van der Waals surface area contributed by atoms with Gasteiger partial charge in [-0.25, -0.2) is 4.98 Å². The van der Waals surface area contributed by atoms with Crippen molar-refractivity contribution in [2.75, 3.05) is 50.6 Å². The average molecular weight is 406 g/mol. The number of ether oxygens (including phenoxy) is 1. The Bertz CT molecular complexity index is 1030. The molecule has 3 aromatic rings. The van der Waals surface area contributed by atoms with Gasteiger partial charge in [0.15, 0.2) is 0 Å². The van der Waals surface area contributed by atoms with Crippen LogP contribution in [0, 0.1) is 0 Å². The Morgan fingerprint density at radius 2 is 1.90 bits per heavy atom. The summed E-state index contributed by atoms with van der Waals surface area (Å²) >= 11 is 0. The van der Waals surface area contributed by atoms with Crippen LogP contribution in [-0.2, 0) is 4.74 Å². The van der Waals surface area contributed by atoms with Gasteiger partial charge >= 0.3 is 0 Å². The third-order valence-electron chi connectivity index (χ3n) is 5.28. The van der Waals surface area contributed by atoms with Crippen LogP contribution in [0.1, 0.15) is 28.9 Å². The molecule has 1 aromatic heterocycles. The standard InChI is InChI=1S/C23H27N5O2/c1-16(25-18-7-5-4-6-8-18)19-13-17(23(29)27(2)3)14-20-22(19)26-21(15-24-20)28-9-11-30-12-10-28/h4-8,13-16,25H,9-12H2,1-3H3. The zero-order valence-corrected chi connectivity index (χ0v) is 17.6. The van der Waals surface area contributed by atoms with Crippen molar-refractivity contribution in [1.29, 1.82) is 0 Å². The number of carbonyl (C=O) groups excluding carboxylic acids is 1. The number of benzene rings is 2. The highest BCUT2D eigenvalue weighted by Crippen LogP contribution is 2.28. The number of rotatable bonds is 5. The Hall–Kier alpha value is -3.19. The fourth-order valence-electron chi connectivity index (χ4n) is 3.65. The van der Waals surface area contributed by atoms with Crippen LogP contribution in [0.3, 0.4) is 0 Å². The first kappa shape index (κ1) is 20.1. The first-order valence-corrected chi connectivity index (χ1v) is 10.2. The molecule has 1 N–H and O–H groups in total. The summed E-state index contributed by atoms with van der Waals surface area (Å²) in [7, 11) is 3.51. The first-order valence-electron chi connectivity index (χ1n) is 10.2. The molecule has 0 spiro atoms. The summed E-state index contributed by atoms with van der Waals surface area (Å²) in [5.74, 6) is 0.787. The molecule has 4 rings (SSSR count). The average Bonchev–Trinajstić information content (AvgIpc) is 2.78. The monoisotopic (exact) mass is 405 g/mol. The Morgan fingerprint density at radius 3 is 2.60 bits per heavy atom. The van der Waals surface area contributed by atoms with E-state index in [1.54, 1.807) is 25.2 Å². The lowest BCUT2D eigenvalue weighted by Gasteiger charge is -2.28. The summed E-state index contributed by atoms with van der Waals surface area (Å²) in [5.41, 5.74) is 4.10. The minimum Gasteiger partial charge on any atom is -0.378 e. The predicted octanol–water partition coefficient (Wildman–Crippen LogP) is 3.34. The van der Waals surface area contributed by atoms with E-state index in [1.165, 1.54) is 0 Å². The maximum Gasteiger partial charge on any atom is 0.253 e. The number of amides is 1. The molecular formula is C23H27N5O2. The van der Waals surface area contributed by atoms with E-state index in [0.29, 0.717) is 18.8 Å². The highest BCUT2D eigenvalue weighted by atomic mass is 16.5. The van der Waals surface area contributed by atoms with Gasteiger partial charge in [-0.3, -0.25) is 9.78 Å². The zero-order valence-electron chi connectivity index (χ0n) is 17.6. The lowest BCUT2D eigenvalue weighted by Crippen LogP contribution is -2.36. The maximum absolute atomic E-state index is 12.7. The summed E-state index contributed by atoms with van der Waals surface area (Å²) < 4.78 is 5.46. The largest absolute Gasteiger partial charge is 0.378 e. The van der Waals surface area contributed by atoms with Crippen molar-refractivity contribution in [3.63, 3.8) is 0 Å². The number of anilines is 2. The number of carbonyl (C=O) groups is 1. The molecule has 2 aromatic carbocycles. The molecule has 1 saturated heterocycles. The van der Waals surface area contributed by atoms with Crippen LogP contribution in [0.2, 0.25) is 0 Å². The number of hydrogen-bond donors (Lipinski definition) is 1. The van der Waals surface area contributed by atoms with Crippen LogP contribution in [-0.4, -0.2) is 61.2 Å². The summed E-state index contributed by atoms with van der Waals surface area (Å²) in [6.07, 6.45) is 1.79. The van der Waals surface area contributed by atoms with Crippen LogP contribution < -0.4 is 10.2 Å². The maximum atomic E-state index is 12.7. The fraction of sp³-hybridized carbons (Fsp3) is 0.348. The highest BCUT2D eigenvalue weighted by molar-refractivity contribution is 5.98. The van der Waals surface area contributed by atoms with Crippen LogP contribution in [0.4, 0.5) is 11.5 Å². The van der Waals surface area contributed by atoms with Crippen molar-refractivity contribution in [2.24, 2.45) is 0 Å². The lowest BCUT2D eigenvalue weighted by molar-refractivity contribution is 0.0827. The summed E-state index contributed by atoms with van der Waals surface area (Å²) in [4.78, 5) is 26.1. The van der Waals surface area contributed by atoms with E-state index < -0.39 is 0 Å². The molecule has 1 aliphatic rings. The number of nitrogens with one attached hydrogen (secondary N) is 1. The number of para-hydroxylation sites is 1. The van der Waals surface area contributed by atoms with E-state index >= 15 is 0 Å². The summed E-state index contributed by atoms with van der Waals surface area (Å²) in [6, 6.07) is 13.7. The second kappa shape index (κ2) is 8.67. The van der Waals surface area contributed by atoms with Crippen LogP contribution in [0.15, 0.2) is 48.7 Å². The SMILES string of the molecule is CC(Nc1ccccc1)c1cc(C(=O)N(C)C)cc2ncc(N3CCOCC3)nc12. The van der Waals surface area contributed by atoms with Crippen molar-refractivity contribution in [2.45, 2.75) is 13.0 Å². The third-order valence-corrected chi connectivity index (χ3v) is 5.28. The molecule has 30 heavy (non-hydrogen) atoms. The fourth-order valence-corrected chi connectivity index (χ4v) is 3.65. The van der Waals surface area contributed by atoms with Gasteiger partial charge in [0.05, 0.1) is 36.5 Å². The molecule has 1 amide bonds. The van der Waals surface area contributed by atoms with Crippen LogP contribution >= 0.6 is 0 Å². The van der Waals surface area contributed by atoms with Gasteiger partial charge in [-0.1, -0.05) is 18.2 Å². The lowest BCUT2D eigenvalue weighted by atomic mass is 10.0. The quantitative estimate of drug-likeness (QED) is 0.702. The van der Waals surface area contributed by atoms with Gasteiger partial charge in [0, 0.05) is 44.0 Å². The van der Waals surface area contributed by atoms with Crippen molar-refractivity contribution < 1.29 is 9.53 Å². The van der Waals surface area contributed by atoms with Gasteiger partial charge in [0.2, 0.25) is 0 Å². The normalized spacial score (nSPS) is 15.1. The van der Waals surface area contributed by atoms with E-state index in [4.69, 9.17) is 9.72 Å². The topological polar surface area (TPSA) is 70.6 Å². The Kier molecular flexibility index (Phi) is 5.81. The summed E-state index contributed by atoms with van der Waals surface area (Å²) in [5, 5.41) is 3.52. The minimum atomic E-state index is -0.0564. The van der Waals surface area contributed by atoms with Gasteiger partial charge in [0.25, 0.3) is 5.91 Å². The molecule has 1 unspecified atom stereocenters. The van der Waals surface area contributed by atoms with Gasteiger partial charge < -0.3 is 19.9 Å². The van der Waals surface area contributed by atoms with Crippen molar-refractivity contribution in [3.8, 4) is 0 Å². The van der Waals surface area contributed by atoms with Crippen molar-refractivity contribution >= 4 is 28.4 Å². The number of fused-ring (bicyclic) bond motifs is 1. The molecule has 1 atom stereocenters. The van der Waals surface area contributed by atoms with Gasteiger partial charge in [-0.15, -0.1) is 0 Å². The Balaban J connectivity index is 1.78. The molecule has 2 heterocycles. The molecule has 0 bridgehead atoms. The summed E-state index contributed by atoms with van der Waals surface area (Å²) in [6.45, 7) is 5.05. The molecule has 156 valence electrons. The second-order valence-electron chi connectivity index (χ2n) is 7.69. The highest BCUT2D eigenvalue weighted by Gasteiger charge is 2.20. The van der Waals surface area contributed by atoms with E-state index in [1.807, 2.05) is 42.5 Å². The molecule has 7 heteroatoms. The van der Waals surface area contributed by atoms with Crippen LogP contribution in [0.25, 0.3) is 11.0 Å². The third kappa shape index (κ3) is 4.21. The molecule has 1 fully saturated rings. The first-order chi connectivity index (χ1) is 14.5. The smallest absolute Gasteiger partial charge is 0.253 e. The molecule has 0 aliphatic carbocycles. The number of nitrogens with zero attached hydrogens (tertiary/aromatic N) is 4. The number of aromatic nitrogens is 2. The van der Waals surface area contributed by atoms with E-state index in [0.717, 1.165) is 41.2 Å². The predicted molar refractivity (Wildman–Crippen MR) is 119 cm³/mol.